The number of hydrogen-bond acceptors (Lipinski definition) is 15. The maximum atomic E-state index is 13.2. The van der Waals surface area contributed by atoms with Gasteiger partial charge in [-0.25, -0.2) is 4.98 Å². The number of methoxy groups -OCH3 is 1. The molecular weight excluding hydrogens is 863 g/mol. The normalized spacial score (nSPS) is 18.1. The Balaban J connectivity index is 0.707. The summed E-state index contributed by atoms with van der Waals surface area (Å²) in [5.41, 5.74) is 3.80. The minimum absolute atomic E-state index is 0.0582. The lowest BCUT2D eigenvalue weighted by Gasteiger charge is -2.43. The van der Waals surface area contributed by atoms with Crippen LogP contribution in [0.3, 0.4) is 0 Å². The molecule has 4 heterocycles. The number of anilines is 4. The Hall–Kier alpha value is -6.17. The molecule has 3 aliphatic heterocycles. The van der Waals surface area contributed by atoms with Crippen molar-refractivity contribution < 1.29 is 47.7 Å². The number of aromatic nitrogens is 2. The average Bonchev–Trinajstić information content (AvgIpc) is 3.99. The van der Waals surface area contributed by atoms with E-state index in [1.807, 2.05) is 13.0 Å². The number of carbonyl (C=O) groups is 5. The first kappa shape index (κ1) is 48.8. The van der Waals surface area contributed by atoms with Gasteiger partial charge in [0, 0.05) is 55.8 Å². The molecule has 19 heteroatoms. The van der Waals surface area contributed by atoms with Gasteiger partial charge < -0.3 is 54.3 Å². The third-order valence-corrected chi connectivity index (χ3v) is 12.2. The molecule has 1 unspecified atom stereocenters. The highest BCUT2D eigenvalue weighted by Crippen LogP contribution is 2.40. The number of imide groups is 1. The fraction of sp³-hybridized carbons (Fsp3) is 0.521. The molecule has 3 aromatic rings. The van der Waals surface area contributed by atoms with Gasteiger partial charge in [-0.3, -0.25) is 29.3 Å². The van der Waals surface area contributed by atoms with Crippen LogP contribution in [0.25, 0.3) is 0 Å². The number of amides is 5. The summed E-state index contributed by atoms with van der Waals surface area (Å²) in [4.78, 5) is 77.9. The van der Waals surface area contributed by atoms with Gasteiger partial charge >= 0.3 is 0 Å². The summed E-state index contributed by atoms with van der Waals surface area (Å²) in [7, 11) is 3.31. The van der Waals surface area contributed by atoms with E-state index >= 15 is 0 Å². The molecule has 1 aliphatic carbocycles. The van der Waals surface area contributed by atoms with Crippen molar-refractivity contribution in [2.24, 2.45) is 0 Å². The molecule has 7 rings (SSSR count). The second kappa shape index (κ2) is 24.0. The van der Waals surface area contributed by atoms with Crippen LogP contribution in [0.1, 0.15) is 83.7 Å². The number of hydrogen-bond donors (Lipinski definition) is 4. The van der Waals surface area contributed by atoms with Gasteiger partial charge in [-0.1, -0.05) is 37.7 Å². The van der Waals surface area contributed by atoms with E-state index in [2.05, 4.69) is 43.0 Å². The first-order valence-electron chi connectivity index (χ1n) is 23.1. The zero-order chi connectivity index (χ0) is 47.1. The first-order chi connectivity index (χ1) is 32.7. The van der Waals surface area contributed by atoms with Crippen molar-refractivity contribution in [2.75, 3.05) is 102 Å². The van der Waals surface area contributed by atoms with Crippen molar-refractivity contribution in [3.63, 3.8) is 0 Å². The quantitative estimate of drug-likeness (QED) is 0.0612. The molecule has 2 fully saturated rings. The standard InChI is InChI=1S/C48H61N9O10/c1-4-38-47(62)55(2)40-30-51-48(54-43(40)57(38)34-11-5-6-12-34)52-37-15-14-33(29-41(37)63-3)44(59)50-20-22-65-24-26-67-28-27-66-25-23-64-21-19-49-18-8-10-32-9-7-13-35-36(32)31-56(46(35)61)39-16-17-42(58)53-45(39)60/h7,9,13-15,29-30,34,38-39,49H,4-6,11-12,16-28,31H2,1-3H3,(H,50,59)(H,51,52,54)(H,53,58,60)/t38-,39?/m1/s1. The van der Waals surface area contributed by atoms with Gasteiger partial charge in [-0.15, -0.1) is 0 Å². The van der Waals surface area contributed by atoms with Crippen LogP contribution in [0.4, 0.5) is 23.1 Å². The van der Waals surface area contributed by atoms with E-state index in [0.29, 0.717) is 120 Å². The number of rotatable bonds is 23. The predicted octanol–water partition coefficient (Wildman–Crippen LogP) is 2.93. The molecule has 4 N–H and O–H groups in total. The fourth-order valence-electron chi connectivity index (χ4n) is 8.74. The maximum absolute atomic E-state index is 13.2. The third kappa shape index (κ3) is 12.2. The van der Waals surface area contributed by atoms with Crippen LogP contribution in [0.5, 0.6) is 5.75 Å². The van der Waals surface area contributed by atoms with Crippen molar-refractivity contribution in [1.82, 2.24) is 30.8 Å². The van der Waals surface area contributed by atoms with Crippen molar-refractivity contribution in [2.45, 2.75) is 76.5 Å². The molecule has 1 saturated heterocycles. The molecule has 2 aromatic carbocycles. The van der Waals surface area contributed by atoms with Crippen LogP contribution >= 0.6 is 0 Å². The largest absolute Gasteiger partial charge is 0.495 e. The summed E-state index contributed by atoms with van der Waals surface area (Å²) in [5, 5.41) is 11.7. The van der Waals surface area contributed by atoms with E-state index in [4.69, 9.17) is 28.7 Å². The summed E-state index contributed by atoms with van der Waals surface area (Å²) in [6, 6.07) is 9.84. The number of ether oxygens (including phenoxy) is 5. The number of carbonyl (C=O) groups excluding carboxylic acids is 5. The summed E-state index contributed by atoms with van der Waals surface area (Å²) in [6.07, 6.45) is 7.22. The van der Waals surface area contributed by atoms with Gasteiger partial charge in [0.15, 0.2) is 5.82 Å². The van der Waals surface area contributed by atoms with Crippen molar-refractivity contribution in [3.05, 3.63) is 64.8 Å². The molecular formula is C48H61N9O10. The minimum Gasteiger partial charge on any atom is -0.495 e. The SMILES string of the molecule is CC[C@@H]1C(=O)N(C)c2cnc(Nc3ccc(C(=O)NCCOCCOCCOCCOCCNCC#Cc4cccc5c4CN(C4CCC(=O)NC4=O)C5=O)cc3OC)nc2N1C1CCCC1. The van der Waals surface area contributed by atoms with Crippen LogP contribution in [0.2, 0.25) is 0 Å². The highest BCUT2D eigenvalue weighted by atomic mass is 16.6. The molecule has 2 atom stereocenters. The van der Waals surface area contributed by atoms with E-state index in [9.17, 15) is 24.0 Å². The second-order valence-corrected chi connectivity index (χ2v) is 16.5. The van der Waals surface area contributed by atoms with Crippen LogP contribution in [0, 0.1) is 11.8 Å². The van der Waals surface area contributed by atoms with Crippen LogP contribution in [-0.4, -0.2) is 149 Å². The Labute approximate surface area is 390 Å². The Morgan fingerprint density at radius 2 is 1.63 bits per heavy atom. The summed E-state index contributed by atoms with van der Waals surface area (Å²) in [5.74, 6) is 6.62. The summed E-state index contributed by atoms with van der Waals surface area (Å²) >= 11 is 0. The van der Waals surface area contributed by atoms with E-state index in [-0.39, 0.29) is 48.7 Å². The van der Waals surface area contributed by atoms with Crippen LogP contribution < -0.4 is 35.8 Å². The smallest absolute Gasteiger partial charge is 0.255 e. The van der Waals surface area contributed by atoms with Gasteiger partial charge in [-0.05, 0) is 61.6 Å². The Morgan fingerprint density at radius 1 is 0.910 bits per heavy atom. The zero-order valence-corrected chi connectivity index (χ0v) is 38.5. The lowest BCUT2D eigenvalue weighted by Crippen LogP contribution is -2.55. The highest BCUT2D eigenvalue weighted by Gasteiger charge is 2.42. The maximum Gasteiger partial charge on any atom is 0.255 e. The lowest BCUT2D eigenvalue weighted by molar-refractivity contribution is -0.137. The molecule has 4 aliphatic rings. The van der Waals surface area contributed by atoms with Gasteiger partial charge in [0.05, 0.1) is 78.4 Å². The molecule has 0 spiro atoms. The topological polar surface area (TPSA) is 215 Å². The molecule has 0 bridgehead atoms. The summed E-state index contributed by atoms with van der Waals surface area (Å²) < 4.78 is 28.0. The monoisotopic (exact) mass is 923 g/mol. The van der Waals surface area contributed by atoms with E-state index in [1.165, 1.54) is 12.0 Å². The number of nitrogens with one attached hydrogen (secondary N) is 4. The second-order valence-electron chi connectivity index (χ2n) is 16.5. The Kier molecular flexibility index (Phi) is 17.5. The Morgan fingerprint density at radius 3 is 2.33 bits per heavy atom. The van der Waals surface area contributed by atoms with E-state index in [0.717, 1.165) is 42.6 Å². The van der Waals surface area contributed by atoms with Crippen LogP contribution in [0.15, 0.2) is 42.6 Å². The molecule has 1 saturated carbocycles. The molecule has 1 aromatic heterocycles. The lowest BCUT2D eigenvalue weighted by atomic mass is 10.0. The van der Waals surface area contributed by atoms with Gasteiger partial charge in [0.1, 0.15) is 23.5 Å². The van der Waals surface area contributed by atoms with Gasteiger partial charge in [-0.2, -0.15) is 4.98 Å². The number of nitrogens with zero attached hydrogens (tertiary/aromatic N) is 5. The summed E-state index contributed by atoms with van der Waals surface area (Å²) in [6.45, 7) is 6.95. The number of likely N-dealkylation sites (N-methyl/N-ethyl adjacent to an activating group) is 1. The molecule has 5 amide bonds. The minimum atomic E-state index is -0.661. The molecule has 0 radical (unpaired) electrons. The van der Waals surface area contributed by atoms with Gasteiger partial charge in [0.2, 0.25) is 23.7 Å². The highest BCUT2D eigenvalue weighted by molar-refractivity contribution is 6.06. The first-order valence-corrected chi connectivity index (χ1v) is 23.1. The molecule has 358 valence electrons. The van der Waals surface area contributed by atoms with Gasteiger partial charge in [0.25, 0.3) is 11.8 Å². The number of fused-ring (bicyclic) bond motifs is 2. The number of benzene rings is 2. The van der Waals surface area contributed by atoms with Crippen molar-refractivity contribution in [3.8, 4) is 17.6 Å². The zero-order valence-electron chi connectivity index (χ0n) is 38.5. The molecule has 67 heavy (non-hydrogen) atoms. The van der Waals surface area contributed by atoms with Crippen LogP contribution in [-0.2, 0) is 39.9 Å². The average molecular weight is 924 g/mol. The van der Waals surface area contributed by atoms with Crippen molar-refractivity contribution >= 4 is 52.7 Å². The van der Waals surface area contributed by atoms with Crippen molar-refractivity contribution in [1.29, 1.82) is 0 Å². The fourth-order valence-corrected chi connectivity index (χ4v) is 8.74. The predicted molar refractivity (Wildman–Crippen MR) is 248 cm³/mol. The van der Waals surface area contributed by atoms with E-state index < -0.39 is 11.9 Å². The van der Waals surface area contributed by atoms with E-state index in [1.54, 1.807) is 48.5 Å². The number of piperidine rings is 1. The third-order valence-electron chi connectivity index (χ3n) is 12.2. The Bertz CT molecular complexity index is 2310. The molecule has 19 nitrogen and oxygen atoms in total.